The van der Waals surface area contributed by atoms with Crippen molar-refractivity contribution in [1.29, 1.82) is 0 Å². The van der Waals surface area contributed by atoms with Crippen molar-refractivity contribution >= 4 is 11.6 Å². The van der Waals surface area contributed by atoms with Crippen LogP contribution in [-0.2, 0) is 32.5 Å². The van der Waals surface area contributed by atoms with Crippen LogP contribution >= 0.6 is 0 Å². The number of ether oxygens (including phenoxy) is 4. The number of amides is 1. The average Bonchev–Trinajstić information content (AvgIpc) is 3.46. The molecule has 0 saturated heterocycles. The van der Waals surface area contributed by atoms with Crippen LogP contribution in [0, 0.1) is 61.7 Å². The molecule has 3 aromatic carbocycles. The Morgan fingerprint density at radius 3 is 1.93 bits per heavy atom. The highest BCUT2D eigenvalue weighted by Gasteiger charge is 2.53. The lowest BCUT2D eigenvalue weighted by atomic mass is 9.69. The molecule has 0 aliphatic carbocycles. The fraction of sp³-hybridized carbons (Fsp3) is 0.220. The van der Waals surface area contributed by atoms with Crippen LogP contribution < -0.4 is 14.4 Å². The zero-order chi connectivity index (χ0) is 40.5. The largest absolute Gasteiger partial charge is 0.485 e. The van der Waals surface area contributed by atoms with Gasteiger partial charge in [0.15, 0.2) is 0 Å². The first-order chi connectivity index (χ1) is 27.3. The number of carbonyl (C=O) groups excluding carboxylic acids is 1. The topological polar surface area (TPSA) is 57.2 Å². The third kappa shape index (κ3) is 8.95. The van der Waals surface area contributed by atoms with E-state index in [4.69, 9.17) is 51.1 Å². The first-order valence-corrected chi connectivity index (χ1v) is 18.0. The molecule has 6 heteroatoms. The van der Waals surface area contributed by atoms with Crippen molar-refractivity contribution in [2.45, 2.75) is 39.0 Å². The molecule has 4 rings (SSSR count). The molecule has 1 amide bonds. The van der Waals surface area contributed by atoms with Crippen molar-refractivity contribution in [3.63, 3.8) is 0 Å². The van der Waals surface area contributed by atoms with Gasteiger partial charge in [0.25, 0.3) is 0 Å². The predicted octanol–water partition coefficient (Wildman–Crippen LogP) is 8.28. The summed E-state index contributed by atoms with van der Waals surface area (Å²) in [5.74, 6) is 15.0. The van der Waals surface area contributed by atoms with Crippen LogP contribution in [0.15, 0.2) is 120 Å². The molecular formula is C50H45NO5. The summed E-state index contributed by atoms with van der Waals surface area (Å²) in [5, 5.41) is 0. The Labute approximate surface area is 332 Å². The summed E-state index contributed by atoms with van der Waals surface area (Å²) in [4.78, 5) is 17.0. The maximum Gasteiger partial charge on any atom is 0.247 e. The summed E-state index contributed by atoms with van der Waals surface area (Å²) in [5.41, 5.74) is 4.68. The Morgan fingerprint density at radius 1 is 0.786 bits per heavy atom. The number of anilines is 1. The second-order valence-electron chi connectivity index (χ2n) is 12.5. The second kappa shape index (κ2) is 20.3. The minimum absolute atomic E-state index is 0.0365. The number of hydrogen-bond acceptors (Lipinski definition) is 5. The third-order valence-electron chi connectivity index (χ3n) is 9.19. The molecule has 0 bridgehead atoms. The lowest BCUT2D eigenvalue weighted by Crippen LogP contribution is -2.42. The number of allylic oxidation sites excluding steroid dienone is 8. The highest BCUT2D eigenvalue weighted by molar-refractivity contribution is 6.13. The van der Waals surface area contributed by atoms with Crippen LogP contribution in [0.2, 0.25) is 0 Å². The summed E-state index contributed by atoms with van der Waals surface area (Å²) in [6.07, 6.45) is 38.2. The molecule has 3 aromatic rings. The maximum atomic E-state index is 15.3. The number of para-hydroxylation sites is 1. The Bertz CT molecular complexity index is 2280. The molecule has 0 N–H and O–H groups in total. The van der Waals surface area contributed by atoms with E-state index in [2.05, 4.69) is 36.2 Å². The van der Waals surface area contributed by atoms with E-state index in [9.17, 15) is 0 Å². The van der Waals surface area contributed by atoms with Gasteiger partial charge in [-0.25, -0.2) is 0 Å². The lowest BCUT2D eigenvalue weighted by Gasteiger charge is -2.32. The van der Waals surface area contributed by atoms with Crippen molar-refractivity contribution in [2.75, 3.05) is 37.9 Å². The maximum absolute atomic E-state index is 15.3. The zero-order valence-electron chi connectivity index (χ0n) is 32.2. The van der Waals surface area contributed by atoms with Gasteiger partial charge in [0.2, 0.25) is 5.91 Å². The number of carbonyl (C=O) groups is 1. The van der Waals surface area contributed by atoms with Gasteiger partial charge in [0.05, 0.1) is 12.3 Å². The van der Waals surface area contributed by atoms with Crippen LogP contribution in [0.1, 0.15) is 48.6 Å². The fourth-order valence-electron chi connectivity index (χ4n) is 6.85. The molecule has 0 saturated carbocycles. The highest BCUT2D eigenvalue weighted by Crippen LogP contribution is 2.51. The monoisotopic (exact) mass is 739 g/mol. The third-order valence-corrected chi connectivity index (χ3v) is 9.19. The number of fused-ring (bicyclic) bond motifs is 1. The molecule has 1 aliphatic rings. The van der Waals surface area contributed by atoms with Crippen LogP contribution in [-0.4, -0.2) is 38.9 Å². The molecule has 1 aliphatic heterocycles. The lowest BCUT2D eigenvalue weighted by molar-refractivity contribution is -0.120. The zero-order valence-corrected chi connectivity index (χ0v) is 32.2. The van der Waals surface area contributed by atoms with Crippen LogP contribution in [0.5, 0.6) is 11.5 Å². The van der Waals surface area contributed by atoms with Gasteiger partial charge in [-0.1, -0.05) is 103 Å². The normalized spacial score (nSPS) is 15.3. The van der Waals surface area contributed by atoms with Crippen molar-refractivity contribution in [1.82, 2.24) is 0 Å². The first kappa shape index (κ1) is 41.6. The molecule has 56 heavy (non-hydrogen) atoms. The fourth-order valence-corrected chi connectivity index (χ4v) is 6.85. The quantitative estimate of drug-likeness (QED) is 0.0747. The standard InChI is InChI=1S/C50H45NO5/c1-10-20-38(37(9)53-29-13-4)33-40-35-42(24-26-47(40)55-31-15-6)50(44-22-18-19-23-45(44)51(28-12-3)49(50)52)43-25-27-48(56-32-16-7)41(36-43)34-39(21-11-2)46(17-8)54-30-14-5/h3-7,10-11,17-27,35-36H,2,28-34H2,1,8-9H3/b20-10-,38-37-,39-21-,46-17+. The van der Waals surface area contributed by atoms with Gasteiger partial charge >= 0.3 is 0 Å². The highest BCUT2D eigenvalue weighted by atomic mass is 16.5. The molecule has 1 heterocycles. The minimum atomic E-state index is -1.36. The Morgan fingerprint density at radius 2 is 1.38 bits per heavy atom. The van der Waals surface area contributed by atoms with E-state index in [1.807, 2.05) is 106 Å². The van der Waals surface area contributed by atoms with Gasteiger partial charge in [-0.15, -0.1) is 32.1 Å². The molecule has 0 spiro atoms. The van der Waals surface area contributed by atoms with Gasteiger partial charge in [0, 0.05) is 24.1 Å². The van der Waals surface area contributed by atoms with E-state index in [0.29, 0.717) is 52.7 Å². The van der Waals surface area contributed by atoms with E-state index in [1.54, 1.807) is 11.0 Å². The number of benzene rings is 3. The van der Waals surface area contributed by atoms with E-state index >= 15 is 4.79 Å². The Balaban J connectivity index is 2.09. The Hall–Kier alpha value is -7.17. The van der Waals surface area contributed by atoms with Crippen molar-refractivity contribution in [3.05, 3.63) is 148 Å². The summed E-state index contributed by atoms with van der Waals surface area (Å²) in [6, 6.07) is 19.2. The van der Waals surface area contributed by atoms with Crippen LogP contribution in [0.3, 0.4) is 0 Å². The van der Waals surface area contributed by atoms with Gasteiger partial charge in [-0.05, 0) is 78.4 Å². The van der Waals surface area contributed by atoms with Crippen molar-refractivity contribution < 1.29 is 23.7 Å². The van der Waals surface area contributed by atoms with Crippen LogP contribution in [0.4, 0.5) is 5.69 Å². The number of nitrogens with zero attached hydrogens (tertiary/aromatic N) is 1. The van der Waals surface area contributed by atoms with E-state index in [1.165, 1.54) is 0 Å². The minimum Gasteiger partial charge on any atom is -0.485 e. The Kier molecular flexibility index (Phi) is 15.1. The predicted molar refractivity (Wildman–Crippen MR) is 226 cm³/mol. The van der Waals surface area contributed by atoms with E-state index in [-0.39, 0.29) is 38.9 Å². The molecule has 280 valence electrons. The van der Waals surface area contributed by atoms with Gasteiger partial charge in [0.1, 0.15) is 49.1 Å². The molecular weight excluding hydrogens is 695 g/mol. The molecule has 0 radical (unpaired) electrons. The van der Waals surface area contributed by atoms with Crippen molar-refractivity contribution in [3.8, 4) is 73.2 Å². The van der Waals surface area contributed by atoms with Gasteiger partial charge in [-0.3, -0.25) is 9.69 Å². The molecule has 1 unspecified atom stereocenters. The van der Waals surface area contributed by atoms with Crippen molar-refractivity contribution in [2.24, 2.45) is 0 Å². The summed E-state index contributed by atoms with van der Waals surface area (Å²) < 4.78 is 23.9. The number of hydrogen-bond donors (Lipinski definition) is 0. The second-order valence-corrected chi connectivity index (χ2v) is 12.5. The SMILES string of the molecule is C#CCOC(=C/C)/C(=C\C=C)Cc1cc(C2(c3ccc(OCC#C)c(CC(/C=C\C)=C(/C)OCC#C)c3)C(=O)N(CC#C)c3ccccc32)ccc1OCC#C. The summed E-state index contributed by atoms with van der Waals surface area (Å²) in [7, 11) is 0. The smallest absolute Gasteiger partial charge is 0.247 e. The first-order valence-electron chi connectivity index (χ1n) is 18.0. The van der Waals surface area contributed by atoms with E-state index < -0.39 is 5.41 Å². The summed E-state index contributed by atoms with van der Waals surface area (Å²) in [6.45, 7) is 9.93. The summed E-state index contributed by atoms with van der Waals surface area (Å²) >= 11 is 0. The van der Waals surface area contributed by atoms with Crippen LogP contribution in [0.25, 0.3) is 0 Å². The molecule has 0 fully saturated rings. The molecule has 0 aromatic heterocycles. The van der Waals surface area contributed by atoms with E-state index in [0.717, 1.165) is 27.8 Å². The van der Waals surface area contributed by atoms with Gasteiger partial charge in [-0.2, -0.15) is 0 Å². The number of rotatable bonds is 18. The molecule has 1 atom stereocenters. The molecule has 6 nitrogen and oxygen atoms in total. The average molecular weight is 740 g/mol. The number of terminal acetylenes is 5. The van der Waals surface area contributed by atoms with Gasteiger partial charge < -0.3 is 18.9 Å².